The van der Waals surface area contributed by atoms with Crippen molar-refractivity contribution >= 4 is 11.9 Å². The summed E-state index contributed by atoms with van der Waals surface area (Å²) in [5, 5.41) is 8.67. The predicted molar refractivity (Wildman–Crippen MR) is 96.4 cm³/mol. The molecule has 2 heterocycles. The number of benzene rings is 1. The summed E-state index contributed by atoms with van der Waals surface area (Å²) in [6.07, 6.45) is 8.05. The molecule has 0 saturated carbocycles. The topological polar surface area (TPSA) is 56.0 Å². The fraction of sp³-hybridized carbons (Fsp3) is 0.316. The van der Waals surface area contributed by atoms with Gasteiger partial charge in [-0.05, 0) is 37.7 Å². The van der Waals surface area contributed by atoms with Gasteiger partial charge in [0.1, 0.15) is 5.82 Å². The Morgan fingerprint density at radius 3 is 2.96 bits per heavy atom. The molecule has 5 nitrogen and oxygen atoms in total. The molecule has 0 unspecified atom stereocenters. The summed E-state index contributed by atoms with van der Waals surface area (Å²) < 4.78 is 0. The molecule has 122 valence electrons. The van der Waals surface area contributed by atoms with Crippen LogP contribution in [-0.4, -0.2) is 48.1 Å². The number of rotatable bonds is 3. The zero-order valence-corrected chi connectivity index (χ0v) is 13.9. The van der Waals surface area contributed by atoms with E-state index >= 15 is 0 Å². The first-order chi connectivity index (χ1) is 11.8. The summed E-state index contributed by atoms with van der Waals surface area (Å²) in [6, 6.07) is 10.0. The molecule has 0 amide bonds. The molecule has 0 N–H and O–H groups in total. The van der Waals surface area contributed by atoms with Crippen molar-refractivity contribution in [3.63, 3.8) is 0 Å². The molecule has 24 heavy (non-hydrogen) atoms. The van der Waals surface area contributed by atoms with Crippen molar-refractivity contribution in [2.75, 3.05) is 38.1 Å². The summed E-state index contributed by atoms with van der Waals surface area (Å²) in [7, 11) is 2.16. The van der Waals surface area contributed by atoms with E-state index in [1.807, 2.05) is 36.5 Å². The lowest BCUT2D eigenvalue weighted by molar-refractivity contribution is 0.360. The average Bonchev–Trinajstić information content (AvgIpc) is 2.85. The van der Waals surface area contributed by atoms with E-state index in [-0.39, 0.29) is 0 Å². The molecular weight excluding hydrogens is 298 g/mol. The molecule has 1 saturated heterocycles. The fourth-order valence-electron chi connectivity index (χ4n) is 2.86. The van der Waals surface area contributed by atoms with E-state index in [0.717, 1.165) is 55.2 Å². The van der Waals surface area contributed by atoms with E-state index in [1.165, 1.54) is 6.08 Å². The molecule has 2 aromatic rings. The van der Waals surface area contributed by atoms with Crippen LogP contribution in [-0.2, 0) is 0 Å². The average molecular weight is 319 g/mol. The fourth-order valence-corrected chi connectivity index (χ4v) is 2.86. The van der Waals surface area contributed by atoms with Crippen LogP contribution in [0.5, 0.6) is 0 Å². The van der Waals surface area contributed by atoms with Crippen LogP contribution in [0.1, 0.15) is 12.0 Å². The molecule has 0 atom stereocenters. The third-order valence-electron chi connectivity index (χ3n) is 4.20. The highest BCUT2D eigenvalue weighted by Gasteiger charge is 2.14. The normalized spacial score (nSPS) is 16.1. The molecule has 1 aromatic carbocycles. The van der Waals surface area contributed by atoms with E-state index in [2.05, 4.69) is 21.8 Å². The lowest BCUT2D eigenvalue weighted by Gasteiger charge is -2.21. The van der Waals surface area contributed by atoms with Gasteiger partial charge < -0.3 is 9.80 Å². The molecular formula is C19H21N5. The Bertz CT molecular complexity index is 762. The standard InChI is InChI=1S/C19H21N5/c1-23-9-4-10-24(12-11-23)19-15-21-14-18(22-19)17-7-2-5-16(13-17)6-3-8-20/h2-3,5-7,13-15H,4,9-12H2,1H3/b6-3+. The summed E-state index contributed by atoms with van der Waals surface area (Å²) in [4.78, 5) is 13.9. The van der Waals surface area contributed by atoms with Crippen molar-refractivity contribution in [1.82, 2.24) is 14.9 Å². The van der Waals surface area contributed by atoms with Crippen molar-refractivity contribution < 1.29 is 0 Å². The lowest BCUT2D eigenvalue weighted by Crippen LogP contribution is -2.29. The SMILES string of the molecule is CN1CCCN(c2cncc(-c3cccc(/C=C/C#N)c3)n2)CC1. The summed E-state index contributed by atoms with van der Waals surface area (Å²) >= 11 is 0. The highest BCUT2D eigenvalue weighted by molar-refractivity contribution is 5.65. The maximum atomic E-state index is 8.67. The van der Waals surface area contributed by atoms with Crippen molar-refractivity contribution in [3.05, 3.63) is 48.3 Å². The number of likely N-dealkylation sites (N-methyl/N-ethyl adjacent to an activating group) is 1. The van der Waals surface area contributed by atoms with Crippen LogP contribution in [0.4, 0.5) is 5.82 Å². The largest absolute Gasteiger partial charge is 0.354 e. The number of aromatic nitrogens is 2. The van der Waals surface area contributed by atoms with Gasteiger partial charge in [-0.15, -0.1) is 0 Å². The number of hydrogen-bond donors (Lipinski definition) is 0. The van der Waals surface area contributed by atoms with Crippen molar-refractivity contribution in [3.8, 4) is 17.3 Å². The quantitative estimate of drug-likeness (QED) is 0.814. The van der Waals surface area contributed by atoms with Gasteiger partial charge in [0.2, 0.25) is 0 Å². The van der Waals surface area contributed by atoms with Gasteiger partial charge in [0, 0.05) is 31.3 Å². The first kappa shape index (κ1) is 16.2. The maximum Gasteiger partial charge on any atom is 0.147 e. The van der Waals surface area contributed by atoms with Crippen LogP contribution in [0.25, 0.3) is 17.3 Å². The zero-order chi connectivity index (χ0) is 16.8. The van der Waals surface area contributed by atoms with Crippen LogP contribution in [0.2, 0.25) is 0 Å². The molecule has 0 radical (unpaired) electrons. The second-order valence-electron chi connectivity index (χ2n) is 5.99. The van der Waals surface area contributed by atoms with Crippen LogP contribution in [0.15, 0.2) is 42.7 Å². The van der Waals surface area contributed by atoms with E-state index < -0.39 is 0 Å². The first-order valence-electron chi connectivity index (χ1n) is 8.18. The Morgan fingerprint density at radius 2 is 2.08 bits per heavy atom. The predicted octanol–water partition coefficient (Wildman–Crippen LogP) is 2.82. The van der Waals surface area contributed by atoms with Gasteiger partial charge in [-0.25, -0.2) is 4.98 Å². The molecule has 1 aliphatic heterocycles. The monoisotopic (exact) mass is 319 g/mol. The van der Waals surface area contributed by atoms with Crippen molar-refractivity contribution in [2.24, 2.45) is 0 Å². The summed E-state index contributed by atoms with van der Waals surface area (Å²) in [5.74, 6) is 0.931. The van der Waals surface area contributed by atoms with Gasteiger partial charge in [-0.2, -0.15) is 5.26 Å². The number of nitrogens with zero attached hydrogens (tertiary/aromatic N) is 5. The van der Waals surface area contributed by atoms with Gasteiger partial charge in [0.25, 0.3) is 0 Å². The Labute approximate surface area is 142 Å². The smallest absolute Gasteiger partial charge is 0.147 e. The third kappa shape index (κ3) is 3.98. The molecule has 1 fully saturated rings. The number of allylic oxidation sites excluding steroid dienone is 1. The maximum absolute atomic E-state index is 8.67. The minimum Gasteiger partial charge on any atom is -0.354 e. The van der Waals surface area contributed by atoms with Crippen LogP contribution in [0, 0.1) is 11.3 Å². The van der Waals surface area contributed by atoms with Crippen LogP contribution >= 0.6 is 0 Å². The summed E-state index contributed by atoms with van der Waals surface area (Å²) in [5.41, 5.74) is 2.85. The number of hydrogen-bond acceptors (Lipinski definition) is 5. The molecule has 0 bridgehead atoms. The number of anilines is 1. The molecule has 5 heteroatoms. The van der Waals surface area contributed by atoms with E-state index in [9.17, 15) is 0 Å². The minimum absolute atomic E-state index is 0.859. The summed E-state index contributed by atoms with van der Waals surface area (Å²) in [6.45, 7) is 4.14. The van der Waals surface area contributed by atoms with E-state index in [4.69, 9.17) is 10.2 Å². The first-order valence-corrected chi connectivity index (χ1v) is 8.18. The lowest BCUT2D eigenvalue weighted by atomic mass is 10.1. The van der Waals surface area contributed by atoms with E-state index in [0.29, 0.717) is 0 Å². The molecule has 0 spiro atoms. The van der Waals surface area contributed by atoms with Crippen LogP contribution < -0.4 is 4.90 Å². The van der Waals surface area contributed by atoms with Gasteiger partial charge in [0.05, 0.1) is 24.2 Å². The van der Waals surface area contributed by atoms with Gasteiger partial charge in [-0.3, -0.25) is 4.98 Å². The number of nitriles is 1. The Balaban J connectivity index is 1.85. The minimum atomic E-state index is 0.859. The third-order valence-corrected chi connectivity index (χ3v) is 4.20. The second kappa shape index (κ2) is 7.71. The zero-order valence-electron chi connectivity index (χ0n) is 13.9. The van der Waals surface area contributed by atoms with Crippen molar-refractivity contribution in [1.29, 1.82) is 5.26 Å². The highest BCUT2D eigenvalue weighted by atomic mass is 15.2. The molecule has 1 aromatic heterocycles. The Kier molecular flexibility index (Phi) is 5.19. The van der Waals surface area contributed by atoms with Gasteiger partial charge >= 0.3 is 0 Å². The van der Waals surface area contributed by atoms with Gasteiger partial charge in [-0.1, -0.05) is 18.2 Å². The Morgan fingerprint density at radius 1 is 1.17 bits per heavy atom. The van der Waals surface area contributed by atoms with Gasteiger partial charge in [0.15, 0.2) is 0 Å². The Hall–Kier alpha value is -2.71. The molecule has 1 aliphatic rings. The van der Waals surface area contributed by atoms with Crippen LogP contribution in [0.3, 0.4) is 0 Å². The van der Waals surface area contributed by atoms with Crippen molar-refractivity contribution in [2.45, 2.75) is 6.42 Å². The molecule has 0 aliphatic carbocycles. The second-order valence-corrected chi connectivity index (χ2v) is 5.99. The molecule has 3 rings (SSSR count). The van der Waals surface area contributed by atoms with E-state index in [1.54, 1.807) is 12.3 Å². The highest BCUT2D eigenvalue weighted by Crippen LogP contribution is 2.21.